The molecule has 1 heterocycles. The number of hydrogen-bond acceptors (Lipinski definition) is 4. The predicted octanol–water partition coefficient (Wildman–Crippen LogP) is 3.22. The van der Waals surface area contributed by atoms with Crippen molar-refractivity contribution in [2.75, 3.05) is 11.9 Å². The van der Waals surface area contributed by atoms with Crippen molar-refractivity contribution in [1.82, 2.24) is 9.97 Å². The van der Waals surface area contributed by atoms with E-state index in [-0.39, 0.29) is 6.10 Å². The molecule has 2 N–H and O–H groups in total. The van der Waals surface area contributed by atoms with Gasteiger partial charge < -0.3 is 10.4 Å². The molecule has 1 aromatic heterocycles. The first-order valence-electron chi connectivity index (χ1n) is 7.00. The summed E-state index contributed by atoms with van der Waals surface area (Å²) in [4.78, 5) is 8.35. The van der Waals surface area contributed by atoms with Crippen molar-refractivity contribution in [1.29, 1.82) is 0 Å². The topological polar surface area (TPSA) is 58.0 Å². The first-order chi connectivity index (χ1) is 9.08. The van der Waals surface area contributed by atoms with Crippen LogP contribution in [0.2, 0.25) is 5.15 Å². The van der Waals surface area contributed by atoms with Crippen LogP contribution in [0.15, 0.2) is 6.33 Å². The zero-order valence-corrected chi connectivity index (χ0v) is 12.3. The van der Waals surface area contributed by atoms with E-state index in [4.69, 9.17) is 11.6 Å². The molecule has 1 aliphatic rings. The van der Waals surface area contributed by atoms with Crippen LogP contribution in [0.1, 0.15) is 51.0 Å². The Bertz CT molecular complexity index is 417. The molecule has 1 fully saturated rings. The summed E-state index contributed by atoms with van der Waals surface area (Å²) in [6.45, 7) is 5.07. The van der Waals surface area contributed by atoms with Gasteiger partial charge in [0.25, 0.3) is 0 Å². The first-order valence-corrected chi connectivity index (χ1v) is 7.38. The van der Waals surface area contributed by atoms with Crippen molar-refractivity contribution in [2.45, 2.75) is 51.6 Å². The van der Waals surface area contributed by atoms with Crippen LogP contribution < -0.4 is 5.32 Å². The van der Waals surface area contributed by atoms with E-state index in [1.807, 2.05) is 0 Å². The highest BCUT2D eigenvalue weighted by Gasteiger charge is 2.20. The molecule has 0 atom stereocenters. The monoisotopic (exact) mass is 283 g/mol. The van der Waals surface area contributed by atoms with Crippen LogP contribution in [0.5, 0.6) is 0 Å². The third-order valence-corrected chi connectivity index (χ3v) is 4.09. The maximum atomic E-state index is 9.51. The summed E-state index contributed by atoms with van der Waals surface area (Å²) in [6, 6.07) is 0. The fourth-order valence-corrected chi connectivity index (χ4v) is 2.97. The quantitative estimate of drug-likeness (QED) is 0.833. The summed E-state index contributed by atoms with van der Waals surface area (Å²) in [5.74, 6) is 1.75. The second-order valence-corrected chi connectivity index (χ2v) is 5.99. The van der Waals surface area contributed by atoms with Gasteiger partial charge in [0, 0.05) is 12.1 Å². The maximum Gasteiger partial charge on any atom is 0.138 e. The fourth-order valence-electron chi connectivity index (χ4n) is 2.62. The molecule has 0 radical (unpaired) electrons. The zero-order valence-electron chi connectivity index (χ0n) is 11.6. The van der Waals surface area contributed by atoms with E-state index < -0.39 is 0 Å². The number of aliphatic hydroxyl groups is 1. The van der Waals surface area contributed by atoms with E-state index in [0.717, 1.165) is 43.6 Å². The van der Waals surface area contributed by atoms with E-state index in [1.54, 1.807) is 0 Å². The molecule has 0 spiro atoms. The molecule has 0 amide bonds. The lowest BCUT2D eigenvalue weighted by Crippen LogP contribution is -2.24. The Balaban J connectivity index is 1.98. The van der Waals surface area contributed by atoms with Crippen LogP contribution in [0.4, 0.5) is 5.82 Å². The molecule has 2 rings (SSSR count). The molecule has 0 aliphatic heterocycles. The predicted molar refractivity (Wildman–Crippen MR) is 77.6 cm³/mol. The molecule has 106 valence electrons. The highest BCUT2D eigenvalue weighted by Crippen LogP contribution is 2.29. The van der Waals surface area contributed by atoms with Gasteiger partial charge in [-0.15, -0.1) is 0 Å². The number of rotatable bonds is 4. The SMILES string of the molecule is CC(C)c1c(Cl)ncnc1NCC1CCC(O)CC1. The molecule has 0 aromatic carbocycles. The van der Waals surface area contributed by atoms with Crippen molar-refractivity contribution >= 4 is 17.4 Å². The lowest BCUT2D eigenvalue weighted by atomic mass is 9.87. The van der Waals surface area contributed by atoms with Crippen LogP contribution in [0.3, 0.4) is 0 Å². The second kappa shape index (κ2) is 6.53. The summed E-state index contributed by atoms with van der Waals surface area (Å²) in [5.41, 5.74) is 0.986. The van der Waals surface area contributed by atoms with Crippen LogP contribution in [0, 0.1) is 5.92 Å². The number of nitrogens with zero attached hydrogens (tertiary/aromatic N) is 2. The summed E-state index contributed by atoms with van der Waals surface area (Å²) in [6.07, 6.45) is 5.37. The van der Waals surface area contributed by atoms with Gasteiger partial charge in [0.2, 0.25) is 0 Å². The Labute approximate surface area is 119 Å². The van der Waals surface area contributed by atoms with E-state index >= 15 is 0 Å². The van der Waals surface area contributed by atoms with Gasteiger partial charge in [-0.25, -0.2) is 9.97 Å². The molecular weight excluding hydrogens is 262 g/mol. The van der Waals surface area contributed by atoms with Crippen molar-refractivity contribution in [3.63, 3.8) is 0 Å². The smallest absolute Gasteiger partial charge is 0.138 e. The second-order valence-electron chi connectivity index (χ2n) is 5.64. The Hall–Kier alpha value is -0.870. The van der Waals surface area contributed by atoms with Crippen molar-refractivity contribution in [3.05, 3.63) is 17.0 Å². The van der Waals surface area contributed by atoms with E-state index in [2.05, 4.69) is 29.1 Å². The van der Waals surface area contributed by atoms with Crippen molar-refractivity contribution in [3.8, 4) is 0 Å². The summed E-state index contributed by atoms with van der Waals surface area (Å²) < 4.78 is 0. The number of halogens is 1. The number of aliphatic hydroxyl groups excluding tert-OH is 1. The average Bonchev–Trinajstić information content (AvgIpc) is 2.37. The lowest BCUT2D eigenvalue weighted by Gasteiger charge is -2.26. The normalized spacial score (nSPS) is 23.6. The summed E-state index contributed by atoms with van der Waals surface area (Å²) >= 11 is 6.14. The van der Waals surface area contributed by atoms with E-state index in [0.29, 0.717) is 17.0 Å². The van der Waals surface area contributed by atoms with Crippen LogP contribution in [-0.2, 0) is 0 Å². The minimum absolute atomic E-state index is 0.101. The Morgan fingerprint density at radius 1 is 1.32 bits per heavy atom. The van der Waals surface area contributed by atoms with Gasteiger partial charge in [-0.3, -0.25) is 0 Å². The van der Waals surface area contributed by atoms with Gasteiger partial charge in [0.05, 0.1) is 6.10 Å². The Morgan fingerprint density at radius 3 is 2.63 bits per heavy atom. The average molecular weight is 284 g/mol. The molecule has 1 saturated carbocycles. The van der Waals surface area contributed by atoms with Gasteiger partial charge in [0.1, 0.15) is 17.3 Å². The maximum absolute atomic E-state index is 9.51. The molecule has 19 heavy (non-hydrogen) atoms. The van der Waals surface area contributed by atoms with Crippen molar-refractivity contribution < 1.29 is 5.11 Å². The highest BCUT2D eigenvalue weighted by molar-refractivity contribution is 6.30. The van der Waals surface area contributed by atoms with Gasteiger partial charge in [-0.05, 0) is 37.5 Å². The molecule has 5 heteroatoms. The van der Waals surface area contributed by atoms with Crippen LogP contribution >= 0.6 is 11.6 Å². The minimum atomic E-state index is -0.101. The molecule has 0 bridgehead atoms. The van der Waals surface area contributed by atoms with Gasteiger partial charge in [-0.1, -0.05) is 25.4 Å². The highest BCUT2D eigenvalue weighted by atomic mass is 35.5. The third kappa shape index (κ3) is 3.80. The minimum Gasteiger partial charge on any atom is -0.393 e. The summed E-state index contributed by atoms with van der Waals surface area (Å²) in [7, 11) is 0. The Morgan fingerprint density at radius 2 is 2.00 bits per heavy atom. The third-order valence-electron chi connectivity index (χ3n) is 3.79. The lowest BCUT2D eigenvalue weighted by molar-refractivity contribution is 0.111. The van der Waals surface area contributed by atoms with Gasteiger partial charge >= 0.3 is 0 Å². The molecule has 4 nitrogen and oxygen atoms in total. The molecule has 0 unspecified atom stereocenters. The molecule has 1 aliphatic carbocycles. The number of aromatic nitrogens is 2. The van der Waals surface area contributed by atoms with Crippen LogP contribution in [0.25, 0.3) is 0 Å². The van der Waals surface area contributed by atoms with Crippen LogP contribution in [-0.4, -0.2) is 27.7 Å². The zero-order chi connectivity index (χ0) is 13.8. The molecule has 0 saturated heterocycles. The molecular formula is C14H22ClN3O. The first kappa shape index (κ1) is 14.5. The van der Waals surface area contributed by atoms with E-state index in [1.165, 1.54) is 6.33 Å². The largest absolute Gasteiger partial charge is 0.393 e. The van der Waals surface area contributed by atoms with Crippen molar-refractivity contribution in [2.24, 2.45) is 5.92 Å². The summed E-state index contributed by atoms with van der Waals surface area (Å²) in [5, 5.41) is 13.4. The van der Waals surface area contributed by atoms with E-state index in [9.17, 15) is 5.11 Å². The molecule has 1 aromatic rings. The number of hydrogen-bond donors (Lipinski definition) is 2. The fraction of sp³-hybridized carbons (Fsp3) is 0.714. The van der Waals surface area contributed by atoms with Gasteiger partial charge in [0.15, 0.2) is 0 Å². The Kier molecular flexibility index (Phi) is 4.99. The standard InChI is InChI=1S/C14H22ClN3O/c1-9(2)12-13(15)17-8-18-14(12)16-7-10-3-5-11(19)6-4-10/h8-11,19H,3-7H2,1-2H3,(H,16,17,18). The number of anilines is 1. The van der Waals surface area contributed by atoms with Gasteiger partial charge in [-0.2, -0.15) is 0 Å². The number of nitrogens with one attached hydrogen (secondary N) is 1.